The van der Waals surface area contributed by atoms with Crippen LogP contribution in [0.25, 0.3) is 20.4 Å². The first kappa shape index (κ1) is 16.4. The summed E-state index contributed by atoms with van der Waals surface area (Å²) in [6.45, 7) is 11.0. The van der Waals surface area contributed by atoms with E-state index in [1.54, 1.807) is 10.6 Å². The molecular formula is C19H21N3O2S. The Morgan fingerprint density at radius 1 is 1.44 bits per heavy atom. The normalized spacial score (nSPS) is 16.3. The van der Waals surface area contributed by atoms with Crippen LogP contribution >= 0.6 is 11.3 Å². The van der Waals surface area contributed by atoms with Crippen molar-refractivity contribution in [1.82, 2.24) is 14.5 Å². The number of aromatic nitrogens is 3. The molecule has 0 aromatic carbocycles. The second-order valence-corrected chi connectivity index (χ2v) is 8.04. The molecule has 25 heavy (non-hydrogen) atoms. The minimum absolute atomic E-state index is 0.000646. The van der Waals surface area contributed by atoms with Crippen LogP contribution in [0.1, 0.15) is 37.9 Å². The molecule has 0 saturated carbocycles. The Balaban J connectivity index is 2.01. The van der Waals surface area contributed by atoms with E-state index in [2.05, 4.69) is 26.5 Å². The Kier molecular flexibility index (Phi) is 3.77. The predicted octanol–water partition coefficient (Wildman–Crippen LogP) is 3.61. The van der Waals surface area contributed by atoms with E-state index < -0.39 is 0 Å². The molecule has 0 saturated heterocycles. The Bertz CT molecular complexity index is 1060. The minimum Gasteiger partial charge on any atom is -0.370 e. The van der Waals surface area contributed by atoms with E-state index in [4.69, 9.17) is 14.7 Å². The number of hydrogen-bond acceptors (Lipinski definition) is 5. The van der Waals surface area contributed by atoms with Crippen molar-refractivity contribution in [2.75, 3.05) is 0 Å². The maximum absolute atomic E-state index is 12.9. The average Bonchev–Trinajstić information content (AvgIpc) is 2.92. The Hall–Kier alpha value is -2.05. The largest absolute Gasteiger partial charge is 0.370 e. The van der Waals surface area contributed by atoms with Crippen molar-refractivity contribution in [3.63, 3.8) is 0 Å². The lowest BCUT2D eigenvalue weighted by Crippen LogP contribution is -2.32. The SMILES string of the molecule is C=CCn1c(CC)nc2c(sc3nc4c(cc32)COC(C)(C)C4)c1=O. The van der Waals surface area contributed by atoms with Gasteiger partial charge >= 0.3 is 0 Å². The first-order valence-corrected chi connectivity index (χ1v) is 9.34. The van der Waals surface area contributed by atoms with Crippen molar-refractivity contribution in [1.29, 1.82) is 0 Å². The van der Waals surface area contributed by atoms with Crippen LogP contribution in [0.4, 0.5) is 0 Å². The molecule has 0 N–H and O–H groups in total. The number of rotatable bonds is 3. The van der Waals surface area contributed by atoms with Crippen LogP contribution in [0, 0.1) is 0 Å². The summed E-state index contributed by atoms with van der Waals surface area (Å²) in [5.41, 5.74) is 2.73. The van der Waals surface area contributed by atoms with Gasteiger partial charge in [0.15, 0.2) is 0 Å². The molecule has 130 valence electrons. The molecule has 0 fully saturated rings. The van der Waals surface area contributed by atoms with Gasteiger partial charge in [-0.15, -0.1) is 17.9 Å². The average molecular weight is 355 g/mol. The summed E-state index contributed by atoms with van der Waals surface area (Å²) < 4.78 is 8.29. The first-order chi connectivity index (χ1) is 11.9. The third kappa shape index (κ3) is 2.60. The van der Waals surface area contributed by atoms with Gasteiger partial charge in [0.1, 0.15) is 15.4 Å². The number of pyridine rings is 1. The lowest BCUT2D eigenvalue weighted by molar-refractivity contribution is -0.0411. The Labute approximate surface area is 150 Å². The molecule has 0 spiro atoms. The van der Waals surface area contributed by atoms with E-state index in [-0.39, 0.29) is 11.2 Å². The topological polar surface area (TPSA) is 57.0 Å². The van der Waals surface area contributed by atoms with E-state index in [9.17, 15) is 4.79 Å². The zero-order valence-electron chi connectivity index (χ0n) is 14.8. The fourth-order valence-corrected chi connectivity index (χ4v) is 4.43. The number of nitrogens with zero attached hydrogens (tertiary/aromatic N) is 3. The number of aryl methyl sites for hydroxylation is 1. The Morgan fingerprint density at radius 2 is 2.24 bits per heavy atom. The second kappa shape index (κ2) is 5.75. The van der Waals surface area contributed by atoms with Crippen molar-refractivity contribution in [2.45, 2.75) is 52.4 Å². The lowest BCUT2D eigenvalue weighted by atomic mass is 9.95. The summed E-state index contributed by atoms with van der Waals surface area (Å²) in [6, 6.07) is 2.11. The van der Waals surface area contributed by atoms with Crippen LogP contribution in [0.3, 0.4) is 0 Å². The number of thiophene rings is 1. The molecule has 4 heterocycles. The summed E-state index contributed by atoms with van der Waals surface area (Å²) in [4.78, 5) is 23.4. The van der Waals surface area contributed by atoms with E-state index in [0.717, 1.165) is 39.2 Å². The van der Waals surface area contributed by atoms with Gasteiger partial charge in [-0.2, -0.15) is 0 Å². The molecule has 4 rings (SSSR count). The van der Waals surface area contributed by atoms with Gasteiger partial charge in [-0.3, -0.25) is 9.36 Å². The van der Waals surface area contributed by atoms with Crippen LogP contribution in [-0.2, 0) is 30.7 Å². The fourth-order valence-electron chi connectivity index (χ4n) is 3.37. The van der Waals surface area contributed by atoms with Crippen molar-refractivity contribution < 1.29 is 4.74 Å². The number of ether oxygens (including phenoxy) is 1. The quantitative estimate of drug-likeness (QED) is 0.674. The second-order valence-electron chi connectivity index (χ2n) is 7.04. The highest BCUT2D eigenvalue weighted by molar-refractivity contribution is 7.25. The number of hydrogen-bond donors (Lipinski definition) is 0. The molecule has 0 unspecified atom stereocenters. The van der Waals surface area contributed by atoms with Crippen molar-refractivity contribution >= 4 is 31.8 Å². The number of fused-ring (bicyclic) bond motifs is 4. The molecule has 1 aliphatic heterocycles. The molecular weight excluding hydrogens is 334 g/mol. The molecule has 3 aromatic rings. The number of allylic oxidation sites excluding steroid dienone is 1. The standard InChI is InChI=1S/C19H21N3O2S/c1-5-7-22-14(6-2)21-15-12-8-11-10-24-19(3,4)9-13(11)20-17(12)25-16(15)18(22)23/h5,8H,1,6-7,9-10H2,2-4H3. The van der Waals surface area contributed by atoms with Gasteiger partial charge < -0.3 is 4.74 Å². The van der Waals surface area contributed by atoms with Gasteiger partial charge in [0.2, 0.25) is 0 Å². The van der Waals surface area contributed by atoms with Gasteiger partial charge in [0, 0.05) is 30.3 Å². The van der Waals surface area contributed by atoms with Crippen molar-refractivity contribution in [3.05, 3.63) is 46.2 Å². The van der Waals surface area contributed by atoms with Crippen LogP contribution in [0.15, 0.2) is 23.5 Å². The highest BCUT2D eigenvalue weighted by Crippen LogP contribution is 2.34. The molecule has 1 aliphatic rings. The lowest BCUT2D eigenvalue weighted by Gasteiger charge is -2.30. The molecule has 0 radical (unpaired) electrons. The van der Waals surface area contributed by atoms with E-state index >= 15 is 0 Å². The predicted molar refractivity (Wildman–Crippen MR) is 101 cm³/mol. The van der Waals surface area contributed by atoms with Crippen LogP contribution in [0.2, 0.25) is 0 Å². The summed E-state index contributed by atoms with van der Waals surface area (Å²) in [6.07, 6.45) is 3.21. The van der Waals surface area contributed by atoms with E-state index in [1.165, 1.54) is 11.3 Å². The van der Waals surface area contributed by atoms with Crippen LogP contribution in [0.5, 0.6) is 0 Å². The Morgan fingerprint density at radius 3 is 2.96 bits per heavy atom. The smallest absolute Gasteiger partial charge is 0.271 e. The monoisotopic (exact) mass is 355 g/mol. The summed E-state index contributed by atoms with van der Waals surface area (Å²) in [5, 5.41) is 0.958. The van der Waals surface area contributed by atoms with Gasteiger partial charge in [0.05, 0.1) is 23.4 Å². The van der Waals surface area contributed by atoms with Gasteiger partial charge in [0.25, 0.3) is 5.56 Å². The van der Waals surface area contributed by atoms with Crippen molar-refractivity contribution in [2.24, 2.45) is 0 Å². The van der Waals surface area contributed by atoms with Crippen LogP contribution < -0.4 is 5.56 Å². The molecule has 0 atom stereocenters. The van der Waals surface area contributed by atoms with E-state index in [1.807, 2.05) is 6.92 Å². The molecule has 0 aliphatic carbocycles. The summed E-state index contributed by atoms with van der Waals surface area (Å²) in [5.74, 6) is 0.784. The molecule has 3 aromatic heterocycles. The first-order valence-electron chi connectivity index (χ1n) is 8.53. The minimum atomic E-state index is -0.200. The van der Waals surface area contributed by atoms with Gasteiger partial charge in [-0.05, 0) is 19.9 Å². The summed E-state index contributed by atoms with van der Waals surface area (Å²) in [7, 11) is 0. The third-order valence-corrected chi connectivity index (χ3v) is 5.73. The van der Waals surface area contributed by atoms with Crippen LogP contribution in [-0.4, -0.2) is 20.1 Å². The highest BCUT2D eigenvalue weighted by Gasteiger charge is 2.28. The molecule has 6 heteroatoms. The fraction of sp³-hybridized carbons (Fsp3) is 0.421. The molecule has 5 nitrogen and oxygen atoms in total. The van der Waals surface area contributed by atoms with Crippen molar-refractivity contribution in [3.8, 4) is 0 Å². The molecule has 0 amide bonds. The van der Waals surface area contributed by atoms with Gasteiger partial charge in [-0.1, -0.05) is 13.0 Å². The zero-order chi connectivity index (χ0) is 17.8. The maximum Gasteiger partial charge on any atom is 0.271 e. The van der Waals surface area contributed by atoms with Gasteiger partial charge in [-0.25, -0.2) is 9.97 Å². The zero-order valence-corrected chi connectivity index (χ0v) is 15.6. The third-order valence-electron chi connectivity index (χ3n) is 4.66. The summed E-state index contributed by atoms with van der Waals surface area (Å²) >= 11 is 1.44. The maximum atomic E-state index is 12.9. The van der Waals surface area contributed by atoms with E-state index in [0.29, 0.717) is 24.3 Å². The highest BCUT2D eigenvalue weighted by atomic mass is 32.1. The molecule has 0 bridgehead atoms.